The lowest BCUT2D eigenvalue weighted by molar-refractivity contribution is -0.114. The third-order valence-corrected chi connectivity index (χ3v) is 8.55. The average molecular weight is 483 g/mol. The van der Waals surface area contributed by atoms with E-state index >= 15 is 0 Å². The largest absolute Gasteiger partial charge is 0.379 e. The van der Waals surface area contributed by atoms with Crippen LogP contribution in [0.5, 0.6) is 0 Å². The van der Waals surface area contributed by atoms with Crippen LogP contribution >= 0.6 is 0 Å². The molecule has 0 aromatic heterocycles. The number of rotatable bonds is 8. The van der Waals surface area contributed by atoms with Crippen LogP contribution in [0.1, 0.15) is 0 Å². The zero-order valence-corrected chi connectivity index (χ0v) is 19.5. The SMILES string of the molecule is CN(C)S(=O)(=O)N(CC(=O)Nc1ccc(S(=O)(=O)N2CCOCC2)cc1)c1ccccc1. The molecule has 1 fully saturated rings. The molecule has 1 saturated heterocycles. The van der Waals surface area contributed by atoms with Gasteiger partial charge in [-0.2, -0.15) is 17.0 Å². The molecule has 1 N–H and O–H groups in total. The van der Waals surface area contributed by atoms with Crippen molar-refractivity contribution in [3.63, 3.8) is 0 Å². The van der Waals surface area contributed by atoms with E-state index in [2.05, 4.69) is 5.32 Å². The molecule has 0 radical (unpaired) electrons. The first kappa shape index (κ1) is 24.1. The summed E-state index contributed by atoms with van der Waals surface area (Å²) in [7, 11) is -4.78. The van der Waals surface area contributed by atoms with Crippen LogP contribution in [0.15, 0.2) is 59.5 Å². The number of hydrogen-bond donors (Lipinski definition) is 1. The van der Waals surface area contributed by atoms with Gasteiger partial charge in [0.2, 0.25) is 15.9 Å². The Kier molecular flexibility index (Phi) is 7.51. The smallest absolute Gasteiger partial charge is 0.304 e. The summed E-state index contributed by atoms with van der Waals surface area (Å²) in [5.74, 6) is -0.567. The van der Waals surface area contributed by atoms with Crippen molar-refractivity contribution >= 4 is 37.5 Å². The molecule has 0 aliphatic carbocycles. The van der Waals surface area contributed by atoms with Crippen molar-refractivity contribution in [1.82, 2.24) is 8.61 Å². The Bertz CT molecular complexity index is 1130. The molecule has 1 aliphatic rings. The van der Waals surface area contributed by atoms with Gasteiger partial charge in [-0.1, -0.05) is 18.2 Å². The summed E-state index contributed by atoms with van der Waals surface area (Å²) >= 11 is 0. The van der Waals surface area contributed by atoms with Gasteiger partial charge in [-0.05, 0) is 36.4 Å². The summed E-state index contributed by atoms with van der Waals surface area (Å²) in [6, 6.07) is 14.1. The Balaban J connectivity index is 1.73. The van der Waals surface area contributed by atoms with Gasteiger partial charge in [0.05, 0.1) is 23.8 Å². The Morgan fingerprint density at radius 3 is 2.12 bits per heavy atom. The summed E-state index contributed by atoms with van der Waals surface area (Å²) in [6.07, 6.45) is 0. The summed E-state index contributed by atoms with van der Waals surface area (Å²) in [4.78, 5) is 12.7. The number of anilines is 2. The number of ether oxygens (including phenoxy) is 1. The number of nitrogens with zero attached hydrogens (tertiary/aromatic N) is 3. The van der Waals surface area contributed by atoms with Crippen LogP contribution in [0.4, 0.5) is 11.4 Å². The van der Waals surface area contributed by atoms with Gasteiger partial charge < -0.3 is 10.1 Å². The van der Waals surface area contributed by atoms with E-state index in [-0.39, 0.29) is 18.0 Å². The molecule has 1 amide bonds. The number of nitrogens with one attached hydrogen (secondary N) is 1. The van der Waals surface area contributed by atoms with Crippen LogP contribution in [0.25, 0.3) is 0 Å². The van der Waals surface area contributed by atoms with E-state index < -0.39 is 32.7 Å². The van der Waals surface area contributed by atoms with Gasteiger partial charge in [-0.25, -0.2) is 12.7 Å². The highest BCUT2D eigenvalue weighted by Gasteiger charge is 2.28. The van der Waals surface area contributed by atoms with Crippen molar-refractivity contribution < 1.29 is 26.4 Å². The van der Waals surface area contributed by atoms with Crippen LogP contribution in [-0.2, 0) is 29.8 Å². The summed E-state index contributed by atoms with van der Waals surface area (Å²) in [6.45, 7) is 0.827. The summed E-state index contributed by atoms with van der Waals surface area (Å²) in [5, 5.41) is 2.62. The quantitative estimate of drug-likeness (QED) is 0.599. The number of carbonyl (C=O) groups is 1. The molecule has 2 aromatic carbocycles. The first-order valence-corrected chi connectivity index (χ1v) is 12.7. The molecule has 0 spiro atoms. The van der Waals surface area contributed by atoms with Gasteiger partial charge in [-0.15, -0.1) is 0 Å². The molecule has 1 heterocycles. The molecule has 0 unspecified atom stereocenters. The third kappa shape index (κ3) is 5.45. The van der Waals surface area contributed by atoms with Gasteiger partial charge >= 0.3 is 10.2 Å². The minimum atomic E-state index is -3.91. The number of hydrogen-bond acceptors (Lipinski definition) is 6. The number of morpholine rings is 1. The van der Waals surface area contributed by atoms with Crippen LogP contribution < -0.4 is 9.62 Å². The van der Waals surface area contributed by atoms with Crippen molar-refractivity contribution in [3.05, 3.63) is 54.6 Å². The predicted octanol–water partition coefficient (Wildman–Crippen LogP) is 0.959. The third-order valence-electron chi connectivity index (χ3n) is 4.82. The average Bonchev–Trinajstić information content (AvgIpc) is 2.79. The zero-order chi connectivity index (χ0) is 23.4. The first-order chi connectivity index (χ1) is 15.1. The Labute approximate surface area is 188 Å². The monoisotopic (exact) mass is 482 g/mol. The topological polar surface area (TPSA) is 116 Å². The number of carbonyl (C=O) groups excluding carboxylic acids is 1. The molecular formula is C20H26N4O6S2. The number of benzene rings is 2. The van der Waals surface area contributed by atoms with Crippen molar-refractivity contribution in [1.29, 1.82) is 0 Å². The first-order valence-electron chi connectivity index (χ1n) is 9.85. The fourth-order valence-corrected chi connectivity index (χ4v) is 5.55. The standard InChI is InChI=1S/C20H26N4O6S2/c1-22(2)32(28,29)24(18-6-4-3-5-7-18)16-20(25)21-17-8-10-19(11-9-17)31(26,27)23-12-14-30-15-13-23/h3-11H,12-16H2,1-2H3,(H,21,25). The molecule has 0 atom stereocenters. The van der Waals surface area contributed by atoms with Gasteiger partial charge in [0, 0.05) is 32.9 Å². The number of sulfonamides is 1. The fourth-order valence-electron chi connectivity index (χ4n) is 3.07. The highest BCUT2D eigenvalue weighted by Crippen LogP contribution is 2.21. The molecule has 10 nitrogen and oxygen atoms in total. The lowest BCUT2D eigenvalue weighted by Crippen LogP contribution is -2.44. The van der Waals surface area contributed by atoms with E-state index in [1.165, 1.54) is 42.7 Å². The van der Waals surface area contributed by atoms with E-state index in [0.717, 1.165) is 8.61 Å². The lowest BCUT2D eigenvalue weighted by Gasteiger charge is -2.27. The second kappa shape index (κ2) is 9.96. The van der Waals surface area contributed by atoms with Crippen molar-refractivity contribution in [2.24, 2.45) is 0 Å². The van der Waals surface area contributed by atoms with Gasteiger partial charge in [0.1, 0.15) is 6.54 Å². The molecule has 3 rings (SSSR count). The maximum Gasteiger partial charge on any atom is 0.304 e. The van der Waals surface area contributed by atoms with Crippen LogP contribution in [0.2, 0.25) is 0 Å². The van der Waals surface area contributed by atoms with Crippen LogP contribution in [0, 0.1) is 0 Å². The molecule has 32 heavy (non-hydrogen) atoms. The van der Waals surface area contributed by atoms with Crippen LogP contribution in [-0.4, -0.2) is 78.3 Å². The molecule has 1 aliphatic heterocycles. The molecule has 174 valence electrons. The normalized spacial score (nSPS) is 15.5. The summed E-state index contributed by atoms with van der Waals surface area (Å²) in [5.41, 5.74) is 0.703. The Hall–Kier alpha value is -2.51. The van der Waals surface area contributed by atoms with Crippen molar-refractivity contribution in [2.75, 3.05) is 56.6 Å². The van der Waals surface area contributed by atoms with E-state index in [9.17, 15) is 21.6 Å². The Morgan fingerprint density at radius 2 is 1.56 bits per heavy atom. The maximum absolute atomic E-state index is 12.7. The van der Waals surface area contributed by atoms with Gasteiger partial charge in [0.15, 0.2) is 0 Å². The maximum atomic E-state index is 12.7. The predicted molar refractivity (Wildman–Crippen MR) is 121 cm³/mol. The Morgan fingerprint density at radius 1 is 0.969 bits per heavy atom. The van der Waals surface area contributed by atoms with Crippen molar-refractivity contribution in [3.8, 4) is 0 Å². The second-order valence-electron chi connectivity index (χ2n) is 7.22. The number of para-hydroxylation sites is 1. The molecule has 0 bridgehead atoms. The van der Waals surface area contributed by atoms with E-state index in [1.54, 1.807) is 30.3 Å². The fraction of sp³-hybridized carbons (Fsp3) is 0.350. The molecule has 0 saturated carbocycles. The van der Waals surface area contributed by atoms with Gasteiger partial charge in [0.25, 0.3) is 0 Å². The highest BCUT2D eigenvalue weighted by molar-refractivity contribution is 7.90. The van der Waals surface area contributed by atoms with E-state index in [0.29, 0.717) is 24.6 Å². The minimum Gasteiger partial charge on any atom is -0.379 e. The van der Waals surface area contributed by atoms with E-state index in [4.69, 9.17) is 4.74 Å². The van der Waals surface area contributed by atoms with Gasteiger partial charge in [-0.3, -0.25) is 4.79 Å². The lowest BCUT2D eigenvalue weighted by atomic mass is 10.3. The number of amides is 1. The minimum absolute atomic E-state index is 0.110. The highest BCUT2D eigenvalue weighted by atomic mass is 32.2. The zero-order valence-electron chi connectivity index (χ0n) is 17.8. The molecule has 12 heteroatoms. The van der Waals surface area contributed by atoms with E-state index in [1.807, 2.05) is 0 Å². The second-order valence-corrected chi connectivity index (χ2v) is 11.2. The van der Waals surface area contributed by atoms with Crippen molar-refractivity contribution in [2.45, 2.75) is 4.90 Å². The molecule has 2 aromatic rings. The molecular weight excluding hydrogens is 456 g/mol. The van der Waals surface area contributed by atoms with Crippen LogP contribution in [0.3, 0.4) is 0 Å². The summed E-state index contributed by atoms with van der Waals surface area (Å²) < 4.78 is 59.4.